The highest BCUT2D eigenvalue weighted by atomic mass is 35.5. The van der Waals surface area contributed by atoms with Crippen LogP contribution in [0.1, 0.15) is 59.1 Å². The average Bonchev–Trinajstić information content (AvgIpc) is 3.15. The van der Waals surface area contributed by atoms with Crippen LogP contribution in [0.2, 0.25) is 10.0 Å². The Morgan fingerprint density at radius 1 is 1.04 bits per heavy atom. The maximum atomic E-state index is 13.4. The summed E-state index contributed by atoms with van der Waals surface area (Å²) in [4.78, 5) is 27.5. The lowest BCUT2D eigenvalue weighted by Crippen LogP contribution is -2.49. The molecule has 27 heavy (non-hydrogen) atoms. The highest BCUT2D eigenvalue weighted by Gasteiger charge is 2.47. The van der Waals surface area contributed by atoms with Gasteiger partial charge in [0.25, 0.3) is 5.91 Å². The van der Waals surface area contributed by atoms with E-state index in [4.69, 9.17) is 23.2 Å². The number of hydrogen-bond acceptors (Lipinski definition) is 2. The summed E-state index contributed by atoms with van der Waals surface area (Å²) in [5.41, 5.74) is 1.64. The summed E-state index contributed by atoms with van der Waals surface area (Å²) in [5, 5.41) is 11.0. The topological polar surface area (TPSA) is 57.6 Å². The molecule has 4 nitrogen and oxygen atoms in total. The molecule has 140 valence electrons. The molecule has 1 aliphatic heterocycles. The molecule has 2 aromatic carbocycles. The van der Waals surface area contributed by atoms with Crippen LogP contribution in [0.25, 0.3) is 0 Å². The van der Waals surface area contributed by atoms with E-state index in [1.165, 1.54) is 0 Å². The van der Waals surface area contributed by atoms with Crippen molar-refractivity contribution in [1.29, 1.82) is 0 Å². The predicted octanol–water partition coefficient (Wildman–Crippen LogP) is 5.30. The second kappa shape index (κ2) is 7.17. The van der Waals surface area contributed by atoms with E-state index in [1.807, 2.05) is 0 Å². The van der Waals surface area contributed by atoms with Gasteiger partial charge in [-0.3, -0.25) is 9.59 Å². The number of carboxylic acid groups (broad SMARTS) is 1. The summed E-state index contributed by atoms with van der Waals surface area (Å²) in [7, 11) is 0. The fraction of sp³-hybridized carbons (Fsp3) is 0.333. The third-order valence-corrected chi connectivity index (χ3v) is 6.20. The van der Waals surface area contributed by atoms with Crippen molar-refractivity contribution in [3.05, 3.63) is 69.2 Å². The number of nitrogens with zero attached hydrogens (tertiary/aromatic N) is 1. The Kier molecular flexibility index (Phi) is 4.87. The van der Waals surface area contributed by atoms with Gasteiger partial charge in [0.05, 0.1) is 6.04 Å². The summed E-state index contributed by atoms with van der Waals surface area (Å²) in [5.74, 6) is -1.96. The molecule has 0 bridgehead atoms. The Hall–Kier alpha value is -2.04. The number of amides is 1. The van der Waals surface area contributed by atoms with Crippen molar-refractivity contribution in [3.63, 3.8) is 0 Å². The number of hydrogen-bond donors (Lipinski definition) is 1. The minimum Gasteiger partial charge on any atom is -0.481 e. The van der Waals surface area contributed by atoms with Crippen LogP contribution in [0, 0.1) is 0 Å². The summed E-state index contributed by atoms with van der Waals surface area (Å²) < 4.78 is 0. The van der Waals surface area contributed by atoms with Crippen LogP contribution in [0.5, 0.6) is 0 Å². The molecule has 2 aliphatic rings. The first-order valence-corrected chi connectivity index (χ1v) is 9.84. The molecule has 0 aromatic heterocycles. The summed E-state index contributed by atoms with van der Waals surface area (Å²) in [6, 6.07) is 11.4. The summed E-state index contributed by atoms with van der Waals surface area (Å²) >= 11 is 12.5. The second-order valence-electron chi connectivity index (χ2n) is 7.16. The van der Waals surface area contributed by atoms with Crippen LogP contribution < -0.4 is 0 Å². The second-order valence-corrected chi connectivity index (χ2v) is 8.01. The van der Waals surface area contributed by atoms with Crippen molar-refractivity contribution in [2.45, 2.75) is 43.7 Å². The molecular formula is C21H19Cl2NO3. The minimum atomic E-state index is -0.964. The third-order valence-electron chi connectivity index (χ3n) is 5.64. The van der Waals surface area contributed by atoms with E-state index in [2.05, 4.69) is 0 Å². The average molecular weight is 404 g/mol. The molecule has 0 unspecified atom stereocenters. The van der Waals surface area contributed by atoms with E-state index in [0.29, 0.717) is 26.7 Å². The number of rotatable bonds is 3. The fourth-order valence-corrected chi connectivity index (χ4v) is 4.99. The molecule has 1 fully saturated rings. The van der Waals surface area contributed by atoms with Gasteiger partial charge in [0.2, 0.25) is 0 Å². The normalized spacial score (nSPS) is 22.7. The number of halogens is 2. The van der Waals surface area contributed by atoms with Crippen molar-refractivity contribution in [3.8, 4) is 0 Å². The Morgan fingerprint density at radius 2 is 1.74 bits per heavy atom. The molecule has 1 aliphatic carbocycles. The molecule has 4 rings (SSSR count). The van der Waals surface area contributed by atoms with Gasteiger partial charge in [0.15, 0.2) is 0 Å². The lowest BCUT2D eigenvalue weighted by atomic mass is 9.79. The van der Waals surface area contributed by atoms with Crippen molar-refractivity contribution in [1.82, 2.24) is 4.90 Å². The largest absolute Gasteiger partial charge is 0.481 e. The van der Waals surface area contributed by atoms with E-state index in [1.54, 1.807) is 47.4 Å². The molecule has 1 heterocycles. The Balaban J connectivity index is 1.94. The van der Waals surface area contributed by atoms with Gasteiger partial charge in [-0.05, 0) is 42.2 Å². The Bertz CT molecular complexity index is 908. The number of carboxylic acids is 1. The van der Waals surface area contributed by atoms with Gasteiger partial charge in [-0.25, -0.2) is 0 Å². The zero-order valence-electron chi connectivity index (χ0n) is 14.6. The lowest BCUT2D eigenvalue weighted by Gasteiger charge is -2.44. The van der Waals surface area contributed by atoms with E-state index in [9.17, 15) is 14.7 Å². The number of benzene rings is 2. The van der Waals surface area contributed by atoms with Gasteiger partial charge in [0.1, 0.15) is 5.92 Å². The number of fused-ring (bicyclic) bond motifs is 1. The maximum Gasteiger partial charge on any atom is 0.313 e. The van der Waals surface area contributed by atoms with Gasteiger partial charge in [-0.1, -0.05) is 60.3 Å². The van der Waals surface area contributed by atoms with E-state index in [0.717, 1.165) is 25.7 Å². The Morgan fingerprint density at radius 3 is 2.41 bits per heavy atom. The molecule has 6 heteroatoms. The Labute approximate surface area is 167 Å². The van der Waals surface area contributed by atoms with E-state index >= 15 is 0 Å². The molecule has 0 saturated heterocycles. The molecule has 0 radical (unpaired) electrons. The minimum absolute atomic E-state index is 0.0180. The first-order chi connectivity index (χ1) is 13.0. The van der Waals surface area contributed by atoms with Crippen LogP contribution in [-0.4, -0.2) is 27.9 Å². The van der Waals surface area contributed by atoms with Crippen LogP contribution in [0.15, 0.2) is 42.5 Å². The molecule has 2 aromatic rings. The molecule has 0 spiro atoms. The number of aliphatic carboxylic acids is 1. The molecule has 1 saturated carbocycles. The zero-order chi connectivity index (χ0) is 19.1. The fourth-order valence-electron chi connectivity index (χ4n) is 4.47. The number of carbonyl (C=O) groups is 2. The third kappa shape index (κ3) is 3.11. The highest BCUT2D eigenvalue weighted by molar-refractivity contribution is 6.35. The molecule has 2 atom stereocenters. The van der Waals surface area contributed by atoms with Gasteiger partial charge in [-0.15, -0.1) is 0 Å². The first kappa shape index (κ1) is 18.3. The monoisotopic (exact) mass is 403 g/mol. The van der Waals surface area contributed by atoms with E-state index in [-0.39, 0.29) is 11.9 Å². The summed E-state index contributed by atoms with van der Waals surface area (Å²) in [6.07, 6.45) is 3.83. The molecule has 1 N–H and O–H groups in total. The predicted molar refractivity (Wildman–Crippen MR) is 104 cm³/mol. The van der Waals surface area contributed by atoms with Crippen molar-refractivity contribution in [2.75, 3.05) is 0 Å². The number of carbonyl (C=O) groups excluding carboxylic acids is 1. The highest BCUT2D eigenvalue weighted by Crippen LogP contribution is 2.47. The van der Waals surface area contributed by atoms with Gasteiger partial charge >= 0.3 is 5.97 Å². The lowest BCUT2D eigenvalue weighted by molar-refractivity contribution is -0.140. The zero-order valence-corrected chi connectivity index (χ0v) is 16.1. The standard InChI is InChI=1S/C21H19Cl2NO3/c22-12-9-10-16(17(23)11-12)19-18(21(26)27)14-7-3-4-8-15(14)20(25)24(19)13-5-1-2-6-13/h3-4,7-11,13,18-19H,1-2,5-6H2,(H,26,27)/t18-,19-/m0/s1. The van der Waals surface area contributed by atoms with Crippen LogP contribution in [-0.2, 0) is 4.79 Å². The van der Waals surface area contributed by atoms with Crippen molar-refractivity contribution >= 4 is 35.1 Å². The quantitative estimate of drug-likeness (QED) is 0.755. The first-order valence-electron chi connectivity index (χ1n) is 9.08. The summed E-state index contributed by atoms with van der Waals surface area (Å²) in [6.45, 7) is 0. The van der Waals surface area contributed by atoms with Crippen molar-refractivity contribution in [2.24, 2.45) is 0 Å². The molecule has 1 amide bonds. The maximum absolute atomic E-state index is 13.4. The van der Waals surface area contributed by atoms with E-state index < -0.39 is 17.9 Å². The van der Waals surface area contributed by atoms with Gasteiger partial charge < -0.3 is 10.0 Å². The van der Waals surface area contributed by atoms with Gasteiger partial charge in [0, 0.05) is 21.7 Å². The van der Waals surface area contributed by atoms with Crippen LogP contribution in [0.4, 0.5) is 0 Å². The van der Waals surface area contributed by atoms with Gasteiger partial charge in [-0.2, -0.15) is 0 Å². The van der Waals surface area contributed by atoms with Crippen LogP contribution >= 0.6 is 23.2 Å². The van der Waals surface area contributed by atoms with Crippen LogP contribution in [0.3, 0.4) is 0 Å². The SMILES string of the molecule is O=C(O)[C@H]1c2ccccc2C(=O)N(C2CCCC2)[C@H]1c1ccc(Cl)cc1Cl. The molecular weight excluding hydrogens is 385 g/mol. The smallest absolute Gasteiger partial charge is 0.313 e. The van der Waals surface area contributed by atoms with Crippen molar-refractivity contribution < 1.29 is 14.7 Å².